The highest BCUT2D eigenvalue weighted by Crippen LogP contribution is 2.48. The molecule has 1 aromatic heterocycles. The van der Waals surface area contributed by atoms with E-state index in [9.17, 15) is 4.79 Å². The van der Waals surface area contributed by atoms with Crippen LogP contribution in [-0.4, -0.2) is 12.6 Å². The van der Waals surface area contributed by atoms with Crippen LogP contribution in [0.2, 0.25) is 0 Å². The van der Waals surface area contributed by atoms with E-state index in [1.165, 1.54) is 18.4 Å². The molecule has 0 radical (unpaired) electrons. The summed E-state index contributed by atoms with van der Waals surface area (Å²) in [4.78, 5) is 13.7. The Morgan fingerprint density at radius 3 is 3.00 bits per heavy atom. The Morgan fingerprint density at radius 1 is 1.62 bits per heavy atom. The van der Waals surface area contributed by atoms with Crippen LogP contribution in [0.1, 0.15) is 18.4 Å². The lowest BCUT2D eigenvalue weighted by Gasteiger charge is -2.08. The standard InChI is InChI=1S/C10H11NOS/c12-8-11-7-10(2-3-10)5-9-1-4-13-6-9/h1,4,6H,2-3,5,7H2. The van der Waals surface area contributed by atoms with Gasteiger partial charge < -0.3 is 0 Å². The van der Waals surface area contributed by atoms with Gasteiger partial charge >= 0.3 is 0 Å². The molecule has 2 rings (SSSR count). The fourth-order valence-electron chi connectivity index (χ4n) is 1.59. The zero-order valence-electron chi connectivity index (χ0n) is 7.32. The zero-order valence-corrected chi connectivity index (χ0v) is 8.14. The van der Waals surface area contributed by atoms with Crippen molar-refractivity contribution in [1.82, 2.24) is 0 Å². The highest BCUT2D eigenvalue weighted by atomic mass is 32.1. The molecule has 1 saturated carbocycles. The molecule has 0 atom stereocenters. The second-order valence-electron chi connectivity index (χ2n) is 3.72. The van der Waals surface area contributed by atoms with Crippen LogP contribution in [0.5, 0.6) is 0 Å². The molecule has 1 aromatic rings. The topological polar surface area (TPSA) is 29.4 Å². The summed E-state index contributed by atoms with van der Waals surface area (Å²) in [7, 11) is 0. The molecule has 0 amide bonds. The number of isocyanates is 1. The van der Waals surface area contributed by atoms with Gasteiger partial charge in [0.25, 0.3) is 0 Å². The van der Waals surface area contributed by atoms with E-state index in [1.54, 1.807) is 17.4 Å². The minimum atomic E-state index is 0.304. The summed E-state index contributed by atoms with van der Waals surface area (Å²) in [5.41, 5.74) is 1.68. The van der Waals surface area contributed by atoms with Crippen molar-refractivity contribution in [2.45, 2.75) is 19.3 Å². The fraction of sp³-hybridized carbons (Fsp3) is 0.500. The molecule has 0 unspecified atom stereocenters. The van der Waals surface area contributed by atoms with Crippen LogP contribution in [0.25, 0.3) is 0 Å². The first kappa shape index (κ1) is 8.67. The largest absolute Gasteiger partial charge is 0.234 e. The Hall–Kier alpha value is -0.920. The molecule has 0 N–H and O–H groups in total. The number of aliphatic imine (C=N–C) groups is 1. The van der Waals surface area contributed by atoms with E-state index in [4.69, 9.17) is 0 Å². The van der Waals surface area contributed by atoms with Gasteiger partial charge in [-0.3, -0.25) is 0 Å². The van der Waals surface area contributed by atoms with Crippen LogP contribution in [0.3, 0.4) is 0 Å². The number of carbonyl (C=O) groups excluding carboxylic acids is 1. The average Bonchev–Trinajstić information content (AvgIpc) is 2.69. The number of rotatable bonds is 4. The molecular weight excluding hydrogens is 182 g/mol. The summed E-state index contributed by atoms with van der Waals surface area (Å²) < 4.78 is 0. The Labute approximate surface area is 81.3 Å². The summed E-state index contributed by atoms with van der Waals surface area (Å²) in [5, 5.41) is 4.26. The molecule has 13 heavy (non-hydrogen) atoms. The van der Waals surface area contributed by atoms with Crippen molar-refractivity contribution in [2.24, 2.45) is 10.4 Å². The maximum Gasteiger partial charge on any atom is 0.234 e. The van der Waals surface area contributed by atoms with Gasteiger partial charge in [-0.15, -0.1) is 0 Å². The van der Waals surface area contributed by atoms with Gasteiger partial charge in [0, 0.05) is 0 Å². The summed E-state index contributed by atoms with van der Waals surface area (Å²) in [6.45, 7) is 0.659. The quantitative estimate of drug-likeness (QED) is 0.533. The van der Waals surface area contributed by atoms with E-state index in [1.807, 2.05) is 0 Å². The molecule has 0 spiro atoms. The van der Waals surface area contributed by atoms with Gasteiger partial charge in [0.2, 0.25) is 6.08 Å². The van der Waals surface area contributed by atoms with E-state index >= 15 is 0 Å². The predicted octanol–water partition coefficient (Wildman–Crippen LogP) is 2.41. The molecule has 1 heterocycles. The van der Waals surface area contributed by atoms with Crippen molar-refractivity contribution in [3.63, 3.8) is 0 Å². The maximum absolute atomic E-state index is 9.99. The molecule has 1 aliphatic rings. The maximum atomic E-state index is 9.99. The second-order valence-corrected chi connectivity index (χ2v) is 4.50. The minimum absolute atomic E-state index is 0.304. The minimum Gasteiger partial charge on any atom is -0.211 e. The van der Waals surface area contributed by atoms with Crippen LogP contribution in [0.15, 0.2) is 21.8 Å². The van der Waals surface area contributed by atoms with E-state index in [-0.39, 0.29) is 0 Å². The third kappa shape index (κ3) is 2.06. The lowest BCUT2D eigenvalue weighted by Crippen LogP contribution is -2.08. The normalized spacial score (nSPS) is 17.8. The van der Waals surface area contributed by atoms with E-state index in [2.05, 4.69) is 21.8 Å². The molecule has 0 aromatic carbocycles. The molecule has 1 fully saturated rings. The van der Waals surface area contributed by atoms with Crippen LogP contribution in [0.4, 0.5) is 0 Å². The number of nitrogens with zero attached hydrogens (tertiary/aromatic N) is 1. The van der Waals surface area contributed by atoms with Gasteiger partial charge in [0.05, 0.1) is 6.54 Å². The summed E-state index contributed by atoms with van der Waals surface area (Å²) in [6.07, 6.45) is 5.10. The molecular formula is C10H11NOS. The Bertz CT molecular complexity index is 321. The first-order valence-electron chi connectivity index (χ1n) is 4.39. The first-order chi connectivity index (χ1) is 6.35. The summed E-state index contributed by atoms with van der Waals surface area (Å²) >= 11 is 1.72. The highest BCUT2D eigenvalue weighted by Gasteiger charge is 2.42. The lowest BCUT2D eigenvalue weighted by molar-refractivity contribution is 0.513. The van der Waals surface area contributed by atoms with Crippen LogP contribution >= 0.6 is 11.3 Å². The van der Waals surface area contributed by atoms with Crippen molar-refractivity contribution in [3.05, 3.63) is 22.4 Å². The Kier molecular flexibility index (Phi) is 2.30. The van der Waals surface area contributed by atoms with E-state index in [0.29, 0.717) is 12.0 Å². The van der Waals surface area contributed by atoms with Gasteiger partial charge in [-0.25, -0.2) is 9.79 Å². The SMILES string of the molecule is O=C=NCC1(Cc2ccsc2)CC1. The fourth-order valence-corrected chi connectivity index (χ4v) is 2.26. The zero-order chi connectivity index (χ0) is 9.15. The second kappa shape index (κ2) is 3.44. The number of hydrogen-bond donors (Lipinski definition) is 0. The number of hydrogen-bond acceptors (Lipinski definition) is 3. The van der Waals surface area contributed by atoms with Crippen molar-refractivity contribution < 1.29 is 4.79 Å². The van der Waals surface area contributed by atoms with Crippen molar-refractivity contribution >= 4 is 17.4 Å². The van der Waals surface area contributed by atoms with Crippen molar-refractivity contribution in [2.75, 3.05) is 6.54 Å². The summed E-state index contributed by atoms with van der Waals surface area (Å²) in [6, 6.07) is 2.15. The van der Waals surface area contributed by atoms with Gasteiger partial charge in [-0.1, -0.05) is 0 Å². The molecule has 0 saturated heterocycles. The Balaban J connectivity index is 1.97. The molecule has 68 valence electrons. The van der Waals surface area contributed by atoms with Crippen molar-refractivity contribution in [1.29, 1.82) is 0 Å². The van der Waals surface area contributed by atoms with Crippen LogP contribution in [-0.2, 0) is 11.2 Å². The van der Waals surface area contributed by atoms with Gasteiger partial charge in [-0.05, 0) is 47.1 Å². The van der Waals surface area contributed by atoms with E-state index in [0.717, 1.165) is 6.42 Å². The van der Waals surface area contributed by atoms with Crippen LogP contribution < -0.4 is 0 Å². The first-order valence-corrected chi connectivity index (χ1v) is 5.34. The monoisotopic (exact) mass is 193 g/mol. The average molecular weight is 193 g/mol. The van der Waals surface area contributed by atoms with E-state index < -0.39 is 0 Å². The highest BCUT2D eigenvalue weighted by molar-refractivity contribution is 7.07. The third-order valence-corrected chi connectivity index (χ3v) is 3.33. The van der Waals surface area contributed by atoms with Crippen molar-refractivity contribution in [3.8, 4) is 0 Å². The molecule has 1 aliphatic carbocycles. The predicted molar refractivity (Wildman–Crippen MR) is 52.7 cm³/mol. The van der Waals surface area contributed by atoms with Gasteiger partial charge in [0.1, 0.15) is 0 Å². The molecule has 0 aliphatic heterocycles. The third-order valence-electron chi connectivity index (χ3n) is 2.60. The lowest BCUT2D eigenvalue weighted by atomic mass is 9.99. The van der Waals surface area contributed by atoms with Crippen LogP contribution in [0, 0.1) is 5.41 Å². The molecule has 3 heteroatoms. The summed E-state index contributed by atoms with van der Waals surface area (Å²) in [5.74, 6) is 0. The number of thiophene rings is 1. The van der Waals surface area contributed by atoms with Gasteiger partial charge in [0.15, 0.2) is 0 Å². The molecule has 2 nitrogen and oxygen atoms in total. The smallest absolute Gasteiger partial charge is 0.211 e. The Morgan fingerprint density at radius 2 is 2.46 bits per heavy atom. The van der Waals surface area contributed by atoms with Gasteiger partial charge in [-0.2, -0.15) is 11.3 Å². The molecule has 0 bridgehead atoms.